The maximum absolute atomic E-state index is 12.6. The Hall–Kier alpha value is -4.10. The molecule has 0 spiro atoms. The quantitative estimate of drug-likeness (QED) is 0.470. The minimum Gasteiger partial charge on any atom is -0.494 e. The van der Waals surface area contributed by atoms with Gasteiger partial charge >= 0.3 is 0 Å². The van der Waals surface area contributed by atoms with Crippen LogP contribution >= 0.6 is 0 Å². The predicted molar refractivity (Wildman–Crippen MR) is 120 cm³/mol. The number of aliphatic imine (C=N–C) groups is 1. The van der Waals surface area contributed by atoms with Crippen LogP contribution in [0, 0.1) is 18.3 Å². The van der Waals surface area contributed by atoms with E-state index >= 15 is 0 Å². The van der Waals surface area contributed by atoms with Gasteiger partial charge in [-0.1, -0.05) is 0 Å². The Kier molecular flexibility index (Phi) is 6.61. The number of aromatic amines is 1. The summed E-state index contributed by atoms with van der Waals surface area (Å²) in [4.78, 5) is 18.1. The monoisotopic (exact) mass is 452 g/mol. The molecule has 9 nitrogen and oxygen atoms in total. The van der Waals surface area contributed by atoms with E-state index in [0.29, 0.717) is 23.7 Å². The summed E-state index contributed by atoms with van der Waals surface area (Å²) in [5.41, 5.74) is 0.480. The smallest absolute Gasteiger partial charge is 0.268 e. The number of H-pyrrole nitrogens is 1. The van der Waals surface area contributed by atoms with Gasteiger partial charge < -0.3 is 9.84 Å². The third kappa shape index (κ3) is 4.96. The molecule has 0 fully saturated rings. The summed E-state index contributed by atoms with van der Waals surface area (Å²) >= 11 is 0. The molecular formula is C22H20N4O5S. The van der Waals surface area contributed by atoms with E-state index in [1.165, 1.54) is 37.4 Å². The number of pyridine rings is 1. The van der Waals surface area contributed by atoms with E-state index in [1.807, 2.05) is 6.92 Å². The van der Waals surface area contributed by atoms with Crippen molar-refractivity contribution < 1.29 is 18.3 Å². The molecule has 0 aliphatic rings. The maximum atomic E-state index is 12.6. The van der Waals surface area contributed by atoms with Gasteiger partial charge in [-0.25, -0.2) is 8.42 Å². The summed E-state index contributed by atoms with van der Waals surface area (Å²) in [5, 5.41) is 19.0. The number of benzene rings is 2. The summed E-state index contributed by atoms with van der Waals surface area (Å²) in [6.45, 7) is 3.90. The van der Waals surface area contributed by atoms with Crippen LogP contribution in [0.1, 0.15) is 23.6 Å². The highest BCUT2D eigenvalue weighted by Crippen LogP contribution is 2.22. The third-order valence-corrected chi connectivity index (χ3v) is 5.91. The highest BCUT2D eigenvalue weighted by atomic mass is 32.2. The molecule has 0 unspecified atom stereocenters. The van der Waals surface area contributed by atoms with E-state index in [9.17, 15) is 18.3 Å². The second-order valence-electron chi connectivity index (χ2n) is 6.64. The number of anilines is 1. The number of nitrogens with one attached hydrogen (secondary N) is 2. The first-order valence-corrected chi connectivity index (χ1v) is 11.0. The SMILES string of the molecule is CCOc1ccc(NS(=O)(=O)c2ccc(N=Cc3c(O)[nH]c(=O)c(C#N)c3C)cc2)cc1. The number of aromatic nitrogens is 1. The largest absolute Gasteiger partial charge is 0.494 e. The summed E-state index contributed by atoms with van der Waals surface area (Å²) in [6, 6.07) is 14.1. The number of hydrogen-bond donors (Lipinski definition) is 3. The van der Waals surface area contributed by atoms with Crippen molar-refractivity contribution >= 4 is 27.6 Å². The molecule has 10 heteroatoms. The van der Waals surface area contributed by atoms with Crippen molar-refractivity contribution in [1.29, 1.82) is 5.26 Å². The first-order valence-electron chi connectivity index (χ1n) is 9.51. The molecule has 0 radical (unpaired) electrons. The van der Waals surface area contributed by atoms with Gasteiger partial charge in [-0.2, -0.15) is 5.26 Å². The van der Waals surface area contributed by atoms with Gasteiger partial charge in [0.25, 0.3) is 15.6 Å². The van der Waals surface area contributed by atoms with Crippen LogP contribution in [-0.2, 0) is 10.0 Å². The second-order valence-corrected chi connectivity index (χ2v) is 8.33. The topological polar surface area (TPSA) is 145 Å². The van der Waals surface area contributed by atoms with Crippen molar-refractivity contribution in [2.24, 2.45) is 4.99 Å². The van der Waals surface area contributed by atoms with E-state index in [1.54, 1.807) is 30.3 Å². The Bertz CT molecular complexity index is 1350. The standard InChI is InChI=1S/C22H20N4O5S/c1-3-31-17-8-4-16(5-9-17)26-32(29,30)18-10-6-15(7-11-18)24-13-20-14(2)19(12-23)21(27)25-22(20)28/h4-11,13,26H,3H2,1-2H3,(H2,25,27,28). The van der Waals surface area contributed by atoms with Gasteiger partial charge in [0, 0.05) is 11.9 Å². The van der Waals surface area contributed by atoms with Crippen molar-refractivity contribution in [2.75, 3.05) is 11.3 Å². The number of nitrogens with zero attached hydrogens (tertiary/aromatic N) is 2. The maximum Gasteiger partial charge on any atom is 0.268 e. The van der Waals surface area contributed by atoms with Crippen LogP contribution in [0.25, 0.3) is 0 Å². The van der Waals surface area contributed by atoms with Crippen molar-refractivity contribution in [3.63, 3.8) is 0 Å². The van der Waals surface area contributed by atoms with E-state index in [0.717, 1.165) is 0 Å². The Morgan fingerprint density at radius 2 is 1.84 bits per heavy atom. The van der Waals surface area contributed by atoms with Crippen molar-refractivity contribution in [3.8, 4) is 17.7 Å². The lowest BCUT2D eigenvalue weighted by Gasteiger charge is -2.09. The Morgan fingerprint density at radius 3 is 2.44 bits per heavy atom. The first-order chi connectivity index (χ1) is 15.2. The fraction of sp³-hybridized carbons (Fsp3) is 0.136. The predicted octanol–water partition coefficient (Wildman–Crippen LogP) is 3.21. The van der Waals surface area contributed by atoms with Crippen LogP contribution < -0.4 is 15.0 Å². The zero-order valence-electron chi connectivity index (χ0n) is 17.3. The van der Waals surface area contributed by atoms with Gasteiger partial charge in [0.1, 0.15) is 17.4 Å². The molecule has 0 aliphatic heterocycles. The average Bonchev–Trinajstić information content (AvgIpc) is 2.75. The number of nitriles is 1. The van der Waals surface area contributed by atoms with Crippen molar-refractivity contribution in [3.05, 3.63) is 75.6 Å². The zero-order valence-corrected chi connectivity index (χ0v) is 18.1. The van der Waals surface area contributed by atoms with Crippen LogP contribution in [0.15, 0.2) is 63.2 Å². The van der Waals surface area contributed by atoms with E-state index < -0.39 is 21.5 Å². The highest BCUT2D eigenvalue weighted by Gasteiger charge is 2.15. The Morgan fingerprint density at radius 1 is 1.19 bits per heavy atom. The molecule has 0 saturated carbocycles. The van der Waals surface area contributed by atoms with E-state index in [4.69, 9.17) is 10.00 Å². The van der Waals surface area contributed by atoms with Gasteiger partial charge in [0.05, 0.1) is 22.8 Å². The molecule has 164 valence electrons. The minimum atomic E-state index is -3.81. The molecule has 3 rings (SSSR count). The van der Waals surface area contributed by atoms with Crippen molar-refractivity contribution in [1.82, 2.24) is 4.98 Å². The first kappa shape index (κ1) is 22.6. The molecule has 3 N–H and O–H groups in total. The Labute approximate surface area is 184 Å². The molecule has 0 bridgehead atoms. The number of hydrogen-bond acceptors (Lipinski definition) is 7. The number of ether oxygens (including phenoxy) is 1. The zero-order chi connectivity index (χ0) is 23.3. The molecule has 3 aromatic rings. The fourth-order valence-electron chi connectivity index (χ4n) is 2.86. The van der Waals surface area contributed by atoms with Crippen LogP contribution in [0.5, 0.6) is 11.6 Å². The Balaban J connectivity index is 1.79. The van der Waals surface area contributed by atoms with Gasteiger partial charge in [-0.3, -0.25) is 19.5 Å². The molecule has 0 saturated heterocycles. The van der Waals surface area contributed by atoms with Crippen LogP contribution in [-0.4, -0.2) is 31.3 Å². The molecule has 0 atom stereocenters. The summed E-state index contributed by atoms with van der Waals surface area (Å²) in [5.74, 6) is 0.234. The lowest BCUT2D eigenvalue weighted by Crippen LogP contribution is -2.14. The summed E-state index contributed by atoms with van der Waals surface area (Å²) in [6.07, 6.45) is 1.29. The minimum absolute atomic E-state index is 0.0418. The average molecular weight is 452 g/mol. The molecule has 0 aliphatic carbocycles. The molecule has 1 aromatic heterocycles. The van der Waals surface area contributed by atoms with Gasteiger partial charge in [0.15, 0.2) is 0 Å². The normalized spacial score (nSPS) is 11.3. The summed E-state index contributed by atoms with van der Waals surface area (Å²) in [7, 11) is -3.81. The number of rotatable bonds is 7. The van der Waals surface area contributed by atoms with Crippen LogP contribution in [0.4, 0.5) is 11.4 Å². The lowest BCUT2D eigenvalue weighted by molar-refractivity contribution is 0.340. The molecule has 2 aromatic carbocycles. The van der Waals surface area contributed by atoms with Gasteiger partial charge in [0.2, 0.25) is 5.88 Å². The fourth-order valence-corrected chi connectivity index (χ4v) is 3.92. The third-order valence-electron chi connectivity index (χ3n) is 4.51. The second kappa shape index (κ2) is 9.36. The van der Waals surface area contributed by atoms with Crippen molar-refractivity contribution in [2.45, 2.75) is 18.7 Å². The molecule has 1 heterocycles. The molecule has 32 heavy (non-hydrogen) atoms. The molecular weight excluding hydrogens is 432 g/mol. The number of aromatic hydroxyl groups is 1. The van der Waals surface area contributed by atoms with E-state index in [-0.39, 0.29) is 21.6 Å². The highest BCUT2D eigenvalue weighted by molar-refractivity contribution is 7.92. The lowest BCUT2D eigenvalue weighted by atomic mass is 10.1. The van der Waals surface area contributed by atoms with Gasteiger partial charge in [-0.15, -0.1) is 0 Å². The molecule has 0 amide bonds. The van der Waals surface area contributed by atoms with E-state index in [2.05, 4.69) is 14.7 Å². The van der Waals surface area contributed by atoms with Crippen LogP contribution in [0.2, 0.25) is 0 Å². The summed E-state index contributed by atoms with van der Waals surface area (Å²) < 4.78 is 33.1. The van der Waals surface area contributed by atoms with Gasteiger partial charge in [-0.05, 0) is 67.9 Å². The van der Waals surface area contributed by atoms with Crippen LogP contribution in [0.3, 0.4) is 0 Å². The number of sulfonamides is 1.